The zero-order chi connectivity index (χ0) is 27.4. The van der Waals surface area contributed by atoms with Crippen LogP contribution in [0.25, 0.3) is 11.3 Å². The zero-order valence-corrected chi connectivity index (χ0v) is 22.9. The van der Waals surface area contributed by atoms with Crippen molar-refractivity contribution < 1.29 is 19.4 Å². The van der Waals surface area contributed by atoms with E-state index in [2.05, 4.69) is 11.0 Å². The number of carboxylic acids is 1. The van der Waals surface area contributed by atoms with E-state index in [1.165, 1.54) is 17.8 Å². The minimum Gasteiger partial charge on any atom is -0.487 e. The summed E-state index contributed by atoms with van der Waals surface area (Å²) in [5.74, 6) is -0.473. The third kappa shape index (κ3) is 5.91. The number of carbonyl (C=O) groups excluding carboxylic acids is 1. The number of carboxylic acid groups (broad SMARTS) is 1. The van der Waals surface area contributed by atoms with E-state index in [-0.39, 0.29) is 18.4 Å². The number of nitrogens with zero attached hydrogens (tertiary/aromatic N) is 4. The molecule has 2 fully saturated rings. The molecule has 2 aromatic carbocycles. The Hall–Kier alpha value is -3.90. The molecule has 0 bridgehead atoms. The number of aryl methyl sites for hydroxylation is 1. The van der Waals surface area contributed by atoms with Crippen LogP contribution in [0.5, 0.6) is 5.75 Å². The highest BCUT2D eigenvalue weighted by atomic mass is 32.1. The van der Waals surface area contributed by atoms with Crippen molar-refractivity contribution in [3.8, 4) is 23.1 Å². The monoisotopic (exact) mass is 544 g/mol. The molecule has 0 radical (unpaired) electrons. The van der Waals surface area contributed by atoms with Crippen LogP contribution in [0.2, 0.25) is 0 Å². The number of benzene rings is 2. The highest BCUT2D eigenvalue weighted by Crippen LogP contribution is 2.37. The Morgan fingerprint density at radius 2 is 1.90 bits per heavy atom. The first kappa shape index (κ1) is 26.7. The minimum absolute atomic E-state index is 0.0777. The summed E-state index contributed by atoms with van der Waals surface area (Å²) >= 11 is 1.51. The van der Waals surface area contributed by atoms with Crippen molar-refractivity contribution in [2.45, 2.75) is 45.6 Å². The van der Waals surface area contributed by atoms with Gasteiger partial charge in [-0.3, -0.25) is 9.59 Å². The number of carbonyl (C=O) groups is 2. The van der Waals surface area contributed by atoms with E-state index < -0.39 is 5.97 Å². The second-order valence-corrected chi connectivity index (χ2v) is 11.0. The highest BCUT2D eigenvalue weighted by Gasteiger charge is 2.26. The summed E-state index contributed by atoms with van der Waals surface area (Å²) in [6.45, 7) is 5.17. The van der Waals surface area contributed by atoms with Gasteiger partial charge >= 0.3 is 5.97 Å². The van der Waals surface area contributed by atoms with Crippen LogP contribution in [0, 0.1) is 24.2 Å². The average molecular weight is 545 g/mol. The lowest BCUT2D eigenvalue weighted by Gasteiger charge is -2.29. The Labute approximate surface area is 232 Å². The number of amides is 1. The molecule has 1 aromatic heterocycles. The number of aromatic nitrogens is 1. The molecule has 2 aliphatic rings. The molecular formula is C30H32N4O4S. The number of hydrogen-bond donors (Lipinski definition) is 1. The predicted molar refractivity (Wildman–Crippen MR) is 150 cm³/mol. The standard InChI is InChI=1S/C30H32N4O4S/c1-20-16-22(28(35)33-12-3-2-4-13-33)8-9-24(20)18-38-27-23(17-31)6-5-7-25(27)26-19-39-30(32-26)34-14-10-21(11-15-34)29(36)37/h5-9,16,19,21H,2-4,10-15,18H2,1H3,(H,36,37). The van der Waals surface area contributed by atoms with Crippen LogP contribution in [0.15, 0.2) is 41.8 Å². The summed E-state index contributed by atoms with van der Waals surface area (Å²) in [7, 11) is 0. The first-order valence-corrected chi connectivity index (χ1v) is 14.3. The van der Waals surface area contributed by atoms with Crippen LogP contribution in [-0.2, 0) is 11.4 Å². The number of anilines is 1. The van der Waals surface area contributed by atoms with Crippen LogP contribution in [0.3, 0.4) is 0 Å². The van der Waals surface area contributed by atoms with Crippen LogP contribution in [-0.4, -0.2) is 53.0 Å². The van der Waals surface area contributed by atoms with E-state index in [1.54, 1.807) is 6.07 Å². The molecule has 2 saturated heterocycles. The largest absolute Gasteiger partial charge is 0.487 e. The molecule has 5 rings (SSSR count). The molecule has 1 N–H and O–H groups in total. The fourth-order valence-electron chi connectivity index (χ4n) is 5.25. The van der Waals surface area contributed by atoms with E-state index in [1.807, 2.05) is 47.5 Å². The number of hydrogen-bond acceptors (Lipinski definition) is 7. The smallest absolute Gasteiger partial charge is 0.306 e. The second-order valence-electron chi connectivity index (χ2n) is 10.2. The van der Waals surface area contributed by atoms with E-state index in [4.69, 9.17) is 9.72 Å². The van der Waals surface area contributed by atoms with Gasteiger partial charge in [0.15, 0.2) is 5.13 Å². The molecule has 1 amide bonds. The van der Waals surface area contributed by atoms with E-state index >= 15 is 0 Å². The number of para-hydroxylation sites is 1. The maximum atomic E-state index is 12.9. The number of nitriles is 1. The Morgan fingerprint density at radius 3 is 2.59 bits per heavy atom. The maximum Gasteiger partial charge on any atom is 0.306 e. The van der Waals surface area contributed by atoms with Gasteiger partial charge in [0, 0.05) is 42.7 Å². The second kappa shape index (κ2) is 11.9. The topological polar surface area (TPSA) is 107 Å². The number of ether oxygens (including phenoxy) is 1. The summed E-state index contributed by atoms with van der Waals surface area (Å²) in [6.07, 6.45) is 4.50. The van der Waals surface area contributed by atoms with Crippen molar-refractivity contribution in [3.05, 3.63) is 64.0 Å². The van der Waals surface area contributed by atoms with Gasteiger partial charge in [0.1, 0.15) is 18.4 Å². The van der Waals surface area contributed by atoms with Crippen LogP contribution < -0.4 is 9.64 Å². The molecular weight excluding hydrogens is 512 g/mol. The van der Waals surface area contributed by atoms with Gasteiger partial charge in [0.05, 0.1) is 17.2 Å². The predicted octanol–water partition coefficient (Wildman–Crippen LogP) is 5.50. The van der Waals surface area contributed by atoms with Crippen LogP contribution in [0.1, 0.15) is 59.2 Å². The number of piperidine rings is 2. The molecule has 8 nitrogen and oxygen atoms in total. The lowest BCUT2D eigenvalue weighted by molar-refractivity contribution is -0.142. The Bertz CT molecular complexity index is 1400. The molecule has 0 aliphatic carbocycles. The molecule has 0 unspecified atom stereocenters. The molecule has 3 aromatic rings. The maximum absolute atomic E-state index is 12.9. The van der Waals surface area contributed by atoms with Crippen molar-refractivity contribution in [1.82, 2.24) is 9.88 Å². The summed E-state index contributed by atoms with van der Waals surface area (Å²) in [5, 5.41) is 21.9. The summed E-state index contributed by atoms with van der Waals surface area (Å²) < 4.78 is 6.26. The van der Waals surface area contributed by atoms with Crippen LogP contribution in [0.4, 0.5) is 5.13 Å². The number of thiazole rings is 1. The summed E-state index contributed by atoms with van der Waals surface area (Å²) in [4.78, 5) is 33.1. The average Bonchev–Trinajstić information content (AvgIpc) is 3.46. The van der Waals surface area contributed by atoms with Crippen molar-refractivity contribution in [2.24, 2.45) is 5.92 Å². The van der Waals surface area contributed by atoms with Crippen molar-refractivity contribution in [2.75, 3.05) is 31.1 Å². The SMILES string of the molecule is Cc1cc(C(=O)N2CCCCC2)ccc1COc1c(C#N)cccc1-c1csc(N2CCC(C(=O)O)CC2)n1. The molecule has 9 heteroatoms. The molecule has 0 saturated carbocycles. The summed E-state index contributed by atoms with van der Waals surface area (Å²) in [6, 6.07) is 13.4. The normalized spacial score (nSPS) is 16.1. The Kier molecular flexibility index (Phi) is 8.13. The highest BCUT2D eigenvalue weighted by molar-refractivity contribution is 7.14. The quantitative estimate of drug-likeness (QED) is 0.419. The van der Waals surface area contributed by atoms with Gasteiger partial charge in [-0.25, -0.2) is 4.98 Å². The van der Waals surface area contributed by atoms with Gasteiger partial charge in [-0.2, -0.15) is 5.26 Å². The van der Waals surface area contributed by atoms with Gasteiger partial charge < -0.3 is 19.6 Å². The first-order chi connectivity index (χ1) is 18.9. The van der Waals surface area contributed by atoms with E-state index in [9.17, 15) is 20.0 Å². The zero-order valence-electron chi connectivity index (χ0n) is 22.1. The fourth-order valence-corrected chi connectivity index (χ4v) is 6.13. The van der Waals surface area contributed by atoms with Crippen molar-refractivity contribution >= 4 is 28.3 Å². The number of rotatable bonds is 7. The fraction of sp³-hybridized carbons (Fsp3) is 0.400. The Balaban J connectivity index is 1.32. The van der Waals surface area contributed by atoms with Gasteiger partial charge in [-0.05, 0) is 74.4 Å². The van der Waals surface area contributed by atoms with E-state index in [0.29, 0.717) is 42.8 Å². The van der Waals surface area contributed by atoms with Gasteiger partial charge in [-0.1, -0.05) is 12.1 Å². The third-order valence-corrected chi connectivity index (χ3v) is 8.52. The molecule has 2 aliphatic heterocycles. The van der Waals surface area contributed by atoms with Crippen LogP contribution >= 0.6 is 11.3 Å². The van der Waals surface area contributed by atoms with Gasteiger partial charge in [0.2, 0.25) is 0 Å². The molecule has 0 atom stereocenters. The third-order valence-electron chi connectivity index (χ3n) is 7.62. The first-order valence-electron chi connectivity index (χ1n) is 13.4. The molecule has 0 spiro atoms. The Morgan fingerprint density at radius 1 is 1.13 bits per heavy atom. The minimum atomic E-state index is -0.733. The van der Waals surface area contributed by atoms with Crippen molar-refractivity contribution in [1.29, 1.82) is 5.26 Å². The number of likely N-dealkylation sites (tertiary alicyclic amines) is 1. The van der Waals surface area contributed by atoms with Crippen molar-refractivity contribution in [3.63, 3.8) is 0 Å². The molecule has 3 heterocycles. The molecule has 39 heavy (non-hydrogen) atoms. The lowest BCUT2D eigenvalue weighted by Crippen LogP contribution is -2.36. The van der Waals surface area contributed by atoms with Gasteiger partial charge in [-0.15, -0.1) is 11.3 Å². The summed E-state index contributed by atoms with van der Waals surface area (Å²) in [5.41, 5.74) is 4.50. The molecule has 202 valence electrons. The lowest BCUT2D eigenvalue weighted by atomic mass is 9.97. The number of aliphatic carboxylic acids is 1. The van der Waals surface area contributed by atoms with Gasteiger partial charge in [0.25, 0.3) is 5.91 Å². The van der Waals surface area contributed by atoms with E-state index in [0.717, 1.165) is 53.4 Å².